The van der Waals surface area contributed by atoms with Crippen molar-refractivity contribution in [2.75, 3.05) is 13.1 Å². The smallest absolute Gasteiger partial charge is 0.147 e. The molecule has 0 spiro atoms. The predicted octanol–water partition coefficient (Wildman–Crippen LogP) is 1.51. The van der Waals surface area contributed by atoms with Gasteiger partial charge in [-0.25, -0.2) is 8.78 Å². The normalized spacial score (nSPS) is 21.4. The second-order valence-electron chi connectivity index (χ2n) is 3.65. The second kappa shape index (κ2) is 4.00. The number of hydrogen-bond acceptors (Lipinski definition) is 2. The van der Waals surface area contributed by atoms with Crippen LogP contribution < -0.4 is 5.32 Å². The van der Waals surface area contributed by atoms with Crippen LogP contribution in [0.15, 0.2) is 12.3 Å². The number of nitrogens with one attached hydrogen (secondary N) is 1. The standard InChI is InChI=1S/C10H12F2N2/c11-8-4-9(12)10(14-6-8)3-7-1-2-13-5-7/h4,6-7,13H,1-3,5H2/t7-/m1/s1. The fourth-order valence-electron chi connectivity index (χ4n) is 1.76. The minimum Gasteiger partial charge on any atom is -0.316 e. The van der Waals surface area contributed by atoms with E-state index < -0.39 is 11.6 Å². The fraction of sp³-hybridized carbons (Fsp3) is 0.500. The van der Waals surface area contributed by atoms with Crippen LogP contribution in [0.25, 0.3) is 0 Å². The first-order valence-corrected chi connectivity index (χ1v) is 4.76. The number of aromatic nitrogens is 1. The SMILES string of the molecule is Fc1cnc(C[C@H]2CCNC2)c(F)c1. The Bertz CT molecular complexity index is 322. The Hall–Kier alpha value is -1.03. The quantitative estimate of drug-likeness (QED) is 0.779. The fourth-order valence-corrected chi connectivity index (χ4v) is 1.76. The van der Waals surface area contributed by atoms with E-state index in [-0.39, 0.29) is 0 Å². The van der Waals surface area contributed by atoms with Gasteiger partial charge in [-0.2, -0.15) is 0 Å². The number of hydrogen-bond donors (Lipinski definition) is 1. The zero-order valence-corrected chi connectivity index (χ0v) is 7.76. The van der Waals surface area contributed by atoms with E-state index in [1.807, 2.05) is 0 Å². The molecule has 1 aliphatic rings. The van der Waals surface area contributed by atoms with Crippen LogP contribution >= 0.6 is 0 Å². The lowest BCUT2D eigenvalue weighted by molar-refractivity contribution is 0.516. The molecule has 2 nitrogen and oxygen atoms in total. The topological polar surface area (TPSA) is 24.9 Å². The summed E-state index contributed by atoms with van der Waals surface area (Å²) in [4.78, 5) is 3.76. The van der Waals surface area contributed by atoms with Crippen LogP contribution in [0.1, 0.15) is 12.1 Å². The molecule has 1 fully saturated rings. The summed E-state index contributed by atoms with van der Waals surface area (Å²) in [7, 11) is 0. The van der Waals surface area contributed by atoms with E-state index in [2.05, 4.69) is 10.3 Å². The Labute approximate surface area is 81.4 Å². The van der Waals surface area contributed by atoms with Gasteiger partial charge < -0.3 is 5.32 Å². The molecular formula is C10H12F2N2. The van der Waals surface area contributed by atoms with Crippen LogP contribution in [-0.2, 0) is 6.42 Å². The Kier molecular flexibility index (Phi) is 2.72. The number of rotatable bonds is 2. The molecule has 1 saturated heterocycles. The summed E-state index contributed by atoms with van der Waals surface area (Å²) >= 11 is 0. The van der Waals surface area contributed by atoms with Crippen molar-refractivity contribution >= 4 is 0 Å². The molecule has 0 bridgehead atoms. The Morgan fingerprint density at radius 1 is 1.50 bits per heavy atom. The molecule has 0 amide bonds. The van der Waals surface area contributed by atoms with E-state index in [9.17, 15) is 8.78 Å². The lowest BCUT2D eigenvalue weighted by Gasteiger charge is -2.07. The minimum absolute atomic E-state index is 0.375. The van der Waals surface area contributed by atoms with Gasteiger partial charge in [-0.05, 0) is 31.8 Å². The lowest BCUT2D eigenvalue weighted by Crippen LogP contribution is -2.12. The maximum absolute atomic E-state index is 13.2. The van der Waals surface area contributed by atoms with Gasteiger partial charge in [0.15, 0.2) is 0 Å². The van der Waals surface area contributed by atoms with Crippen LogP contribution in [0.5, 0.6) is 0 Å². The summed E-state index contributed by atoms with van der Waals surface area (Å²) in [6.07, 6.45) is 2.71. The third kappa shape index (κ3) is 2.07. The summed E-state index contributed by atoms with van der Waals surface area (Å²) < 4.78 is 25.7. The number of nitrogens with zero attached hydrogens (tertiary/aromatic N) is 1. The number of pyridine rings is 1. The Morgan fingerprint density at radius 3 is 3.00 bits per heavy atom. The highest BCUT2D eigenvalue weighted by molar-refractivity contribution is 5.09. The first-order chi connectivity index (χ1) is 6.75. The van der Waals surface area contributed by atoms with E-state index in [1.165, 1.54) is 0 Å². The molecule has 1 aromatic rings. The van der Waals surface area contributed by atoms with Gasteiger partial charge in [0.1, 0.15) is 11.6 Å². The maximum atomic E-state index is 13.2. The summed E-state index contributed by atoms with van der Waals surface area (Å²) in [5.74, 6) is -0.713. The lowest BCUT2D eigenvalue weighted by atomic mass is 10.0. The van der Waals surface area contributed by atoms with Gasteiger partial charge in [0, 0.05) is 6.07 Å². The first kappa shape index (κ1) is 9.52. The molecular weight excluding hydrogens is 186 g/mol. The molecule has 4 heteroatoms. The monoisotopic (exact) mass is 198 g/mol. The van der Waals surface area contributed by atoms with Crippen LogP contribution in [-0.4, -0.2) is 18.1 Å². The molecule has 0 saturated carbocycles. The van der Waals surface area contributed by atoms with Gasteiger partial charge in [0.25, 0.3) is 0 Å². The zero-order valence-electron chi connectivity index (χ0n) is 7.76. The van der Waals surface area contributed by atoms with Crippen LogP contribution in [0.2, 0.25) is 0 Å². The third-order valence-corrected chi connectivity index (χ3v) is 2.53. The molecule has 1 atom stereocenters. The second-order valence-corrected chi connectivity index (χ2v) is 3.65. The van der Waals surface area contributed by atoms with Crippen molar-refractivity contribution in [1.29, 1.82) is 0 Å². The minimum atomic E-state index is -0.615. The van der Waals surface area contributed by atoms with Crippen LogP contribution in [0.3, 0.4) is 0 Å². The molecule has 1 aliphatic heterocycles. The summed E-state index contributed by atoms with van der Waals surface area (Å²) in [6, 6.07) is 0.894. The van der Waals surface area contributed by atoms with E-state index in [4.69, 9.17) is 0 Å². The van der Waals surface area contributed by atoms with Gasteiger partial charge in [-0.1, -0.05) is 0 Å². The van der Waals surface area contributed by atoms with Crippen molar-refractivity contribution in [2.24, 2.45) is 5.92 Å². The first-order valence-electron chi connectivity index (χ1n) is 4.76. The summed E-state index contributed by atoms with van der Waals surface area (Å²) in [5.41, 5.74) is 0.375. The summed E-state index contributed by atoms with van der Waals surface area (Å²) in [5, 5.41) is 3.20. The Morgan fingerprint density at radius 2 is 2.36 bits per heavy atom. The maximum Gasteiger partial charge on any atom is 0.147 e. The van der Waals surface area contributed by atoms with Crippen molar-refractivity contribution in [1.82, 2.24) is 10.3 Å². The van der Waals surface area contributed by atoms with E-state index >= 15 is 0 Å². The third-order valence-electron chi connectivity index (χ3n) is 2.53. The molecule has 0 aromatic carbocycles. The van der Waals surface area contributed by atoms with Gasteiger partial charge in [-0.15, -0.1) is 0 Å². The molecule has 0 aliphatic carbocycles. The molecule has 76 valence electrons. The predicted molar refractivity (Wildman–Crippen MR) is 48.8 cm³/mol. The van der Waals surface area contributed by atoms with Crippen molar-refractivity contribution in [3.63, 3.8) is 0 Å². The largest absolute Gasteiger partial charge is 0.316 e. The highest BCUT2D eigenvalue weighted by atomic mass is 19.1. The molecule has 0 unspecified atom stereocenters. The molecule has 1 N–H and O–H groups in total. The van der Waals surface area contributed by atoms with E-state index in [0.29, 0.717) is 18.0 Å². The van der Waals surface area contributed by atoms with Crippen LogP contribution in [0, 0.1) is 17.6 Å². The number of halogens is 2. The highest BCUT2D eigenvalue weighted by Gasteiger charge is 2.17. The van der Waals surface area contributed by atoms with Gasteiger partial charge in [-0.3, -0.25) is 4.98 Å². The van der Waals surface area contributed by atoms with Gasteiger partial charge in [0.05, 0.1) is 11.9 Å². The van der Waals surface area contributed by atoms with Crippen molar-refractivity contribution < 1.29 is 8.78 Å². The van der Waals surface area contributed by atoms with E-state index in [1.54, 1.807) is 0 Å². The average Bonchev–Trinajstić information content (AvgIpc) is 2.62. The van der Waals surface area contributed by atoms with Gasteiger partial charge in [0.2, 0.25) is 0 Å². The molecule has 2 heterocycles. The molecule has 1 aromatic heterocycles. The van der Waals surface area contributed by atoms with E-state index in [0.717, 1.165) is 31.8 Å². The Balaban J connectivity index is 2.08. The zero-order chi connectivity index (χ0) is 9.97. The van der Waals surface area contributed by atoms with Crippen LogP contribution in [0.4, 0.5) is 8.78 Å². The van der Waals surface area contributed by atoms with Crippen molar-refractivity contribution in [2.45, 2.75) is 12.8 Å². The van der Waals surface area contributed by atoms with Crippen molar-refractivity contribution in [3.05, 3.63) is 29.6 Å². The van der Waals surface area contributed by atoms with Gasteiger partial charge >= 0.3 is 0 Å². The van der Waals surface area contributed by atoms with Crippen molar-refractivity contribution in [3.8, 4) is 0 Å². The highest BCUT2D eigenvalue weighted by Crippen LogP contribution is 2.16. The summed E-state index contributed by atoms with van der Waals surface area (Å²) in [6.45, 7) is 1.88. The average molecular weight is 198 g/mol. The molecule has 14 heavy (non-hydrogen) atoms. The molecule has 2 rings (SSSR count). The molecule has 0 radical (unpaired) electrons.